The Morgan fingerprint density at radius 2 is 2.22 bits per heavy atom. The average Bonchev–Trinajstić information content (AvgIpc) is 2.88. The van der Waals surface area contributed by atoms with E-state index in [9.17, 15) is 13.2 Å². The van der Waals surface area contributed by atoms with Crippen LogP contribution in [0, 0.1) is 6.92 Å². The molecule has 0 atom stereocenters. The van der Waals surface area contributed by atoms with E-state index in [4.69, 9.17) is 4.42 Å². The molecule has 0 radical (unpaired) electrons. The normalized spacial score (nSPS) is 12.2. The molecule has 0 aromatic carbocycles. The molecule has 0 aliphatic heterocycles. The van der Waals surface area contributed by atoms with Crippen LogP contribution in [0.15, 0.2) is 31.8 Å². The van der Waals surface area contributed by atoms with Crippen LogP contribution in [0.4, 0.5) is 0 Å². The van der Waals surface area contributed by atoms with Gasteiger partial charge in [0.25, 0.3) is 10.0 Å². The Hall–Kier alpha value is -1.38. The van der Waals surface area contributed by atoms with Crippen molar-refractivity contribution in [2.24, 2.45) is 0 Å². The number of rotatable bonds is 4. The molecule has 98 valence electrons. The lowest BCUT2D eigenvalue weighted by atomic mass is 10.4. The molecule has 0 amide bonds. The smallest absolute Gasteiger partial charge is 0.305 e. The number of hydrogen-bond acceptors (Lipinski definition) is 5. The van der Waals surface area contributed by atoms with Crippen molar-refractivity contribution in [1.82, 2.24) is 9.29 Å². The molecule has 1 N–H and O–H groups in total. The van der Waals surface area contributed by atoms with Crippen molar-refractivity contribution in [3.05, 3.63) is 39.5 Å². The number of furan rings is 1. The highest BCUT2D eigenvalue weighted by atomic mass is 32.2. The van der Waals surface area contributed by atoms with Gasteiger partial charge in [-0.25, -0.2) is 8.42 Å². The number of aromatic nitrogens is 1. The number of H-pyrrole nitrogens is 1. The standard InChI is InChI=1S/C10H12N2O4S2/c1-7-9(17-10(13)11-7)18(14,15)12(2)6-8-4-3-5-16-8/h3-5H,6H2,1-2H3,(H,11,13). The van der Waals surface area contributed by atoms with Crippen LogP contribution < -0.4 is 4.87 Å². The minimum atomic E-state index is -3.66. The summed E-state index contributed by atoms with van der Waals surface area (Å²) in [7, 11) is -2.22. The second-order valence-corrected chi connectivity index (χ2v) is 6.99. The third-order valence-electron chi connectivity index (χ3n) is 2.38. The van der Waals surface area contributed by atoms with Gasteiger partial charge >= 0.3 is 4.87 Å². The maximum Gasteiger partial charge on any atom is 0.305 e. The van der Waals surface area contributed by atoms with Crippen LogP contribution in [0.3, 0.4) is 0 Å². The number of aromatic amines is 1. The fraction of sp³-hybridized carbons (Fsp3) is 0.300. The Balaban J connectivity index is 2.31. The second kappa shape index (κ2) is 4.71. The van der Waals surface area contributed by atoms with E-state index in [2.05, 4.69) is 4.98 Å². The summed E-state index contributed by atoms with van der Waals surface area (Å²) in [5.74, 6) is 0.543. The van der Waals surface area contributed by atoms with Gasteiger partial charge in [0.15, 0.2) is 4.21 Å². The van der Waals surface area contributed by atoms with E-state index in [0.29, 0.717) is 22.8 Å². The van der Waals surface area contributed by atoms with Gasteiger partial charge in [-0.2, -0.15) is 4.31 Å². The van der Waals surface area contributed by atoms with E-state index >= 15 is 0 Å². The van der Waals surface area contributed by atoms with Crippen LogP contribution >= 0.6 is 11.3 Å². The molecule has 2 heterocycles. The molecule has 2 aromatic rings. The Morgan fingerprint density at radius 3 is 2.72 bits per heavy atom. The van der Waals surface area contributed by atoms with Crippen LogP contribution in [-0.4, -0.2) is 24.8 Å². The largest absolute Gasteiger partial charge is 0.468 e. The Kier molecular flexibility index (Phi) is 3.42. The molecule has 0 bridgehead atoms. The topological polar surface area (TPSA) is 83.4 Å². The Morgan fingerprint density at radius 1 is 1.50 bits per heavy atom. The molecule has 6 nitrogen and oxygen atoms in total. The molecule has 0 saturated heterocycles. The third kappa shape index (κ3) is 2.40. The lowest BCUT2D eigenvalue weighted by Crippen LogP contribution is -2.26. The zero-order chi connectivity index (χ0) is 13.3. The van der Waals surface area contributed by atoms with E-state index in [0.717, 1.165) is 4.31 Å². The molecular weight excluding hydrogens is 276 g/mol. The first kappa shape index (κ1) is 13.1. The first-order valence-electron chi connectivity index (χ1n) is 5.09. The van der Waals surface area contributed by atoms with E-state index in [1.54, 1.807) is 19.1 Å². The highest BCUT2D eigenvalue weighted by Crippen LogP contribution is 2.21. The number of thiazole rings is 1. The third-order valence-corrected chi connectivity index (χ3v) is 5.77. The van der Waals surface area contributed by atoms with E-state index in [-0.39, 0.29) is 15.6 Å². The molecule has 2 aromatic heterocycles. The van der Waals surface area contributed by atoms with Gasteiger partial charge in [-0.3, -0.25) is 4.79 Å². The van der Waals surface area contributed by atoms with E-state index in [1.165, 1.54) is 13.3 Å². The van der Waals surface area contributed by atoms with E-state index in [1.807, 2.05) is 0 Å². The fourth-order valence-corrected chi connectivity index (χ4v) is 4.11. The first-order valence-corrected chi connectivity index (χ1v) is 7.35. The van der Waals surface area contributed by atoms with Gasteiger partial charge in [0.1, 0.15) is 5.76 Å². The molecule has 0 saturated carbocycles. The maximum atomic E-state index is 12.2. The zero-order valence-electron chi connectivity index (χ0n) is 9.84. The van der Waals surface area contributed by atoms with Crippen molar-refractivity contribution in [3.63, 3.8) is 0 Å². The lowest BCUT2D eigenvalue weighted by molar-refractivity contribution is 0.407. The number of aryl methyl sites for hydroxylation is 1. The van der Waals surface area contributed by atoms with Crippen molar-refractivity contribution < 1.29 is 12.8 Å². The lowest BCUT2D eigenvalue weighted by Gasteiger charge is -2.14. The average molecular weight is 288 g/mol. The summed E-state index contributed by atoms with van der Waals surface area (Å²) in [4.78, 5) is 13.2. The van der Waals surface area contributed by atoms with Crippen molar-refractivity contribution >= 4 is 21.4 Å². The SMILES string of the molecule is Cc1[nH]c(=O)sc1S(=O)(=O)N(C)Cc1ccco1. The van der Waals surface area contributed by atoms with Crippen molar-refractivity contribution in [1.29, 1.82) is 0 Å². The summed E-state index contributed by atoms with van der Waals surface area (Å²) in [6.07, 6.45) is 1.48. The highest BCUT2D eigenvalue weighted by Gasteiger charge is 2.26. The number of sulfonamides is 1. The van der Waals surface area contributed by atoms with Crippen LogP contribution in [-0.2, 0) is 16.6 Å². The highest BCUT2D eigenvalue weighted by molar-refractivity contribution is 7.91. The molecule has 0 aliphatic carbocycles. The summed E-state index contributed by atoms with van der Waals surface area (Å²) in [6, 6.07) is 3.38. The van der Waals surface area contributed by atoms with Gasteiger partial charge in [0.2, 0.25) is 0 Å². The summed E-state index contributed by atoms with van der Waals surface area (Å²) in [5.41, 5.74) is 0.358. The van der Waals surface area contributed by atoms with Gasteiger partial charge in [-0.15, -0.1) is 0 Å². The molecule has 8 heteroatoms. The molecule has 0 unspecified atom stereocenters. The van der Waals surface area contributed by atoms with Crippen molar-refractivity contribution in [2.45, 2.75) is 17.7 Å². The number of hydrogen-bond donors (Lipinski definition) is 1. The van der Waals surface area contributed by atoms with Crippen LogP contribution in [0.5, 0.6) is 0 Å². The summed E-state index contributed by atoms with van der Waals surface area (Å²) in [5, 5.41) is 0. The van der Waals surface area contributed by atoms with Gasteiger partial charge in [-0.05, 0) is 19.1 Å². The summed E-state index contributed by atoms with van der Waals surface area (Å²) < 4.78 is 30.7. The van der Waals surface area contributed by atoms with Crippen LogP contribution in [0.25, 0.3) is 0 Å². The molecule has 0 spiro atoms. The molecule has 0 fully saturated rings. The minimum Gasteiger partial charge on any atom is -0.468 e. The molecule has 0 aliphatic rings. The Bertz CT molecular complexity index is 682. The van der Waals surface area contributed by atoms with Gasteiger partial charge in [-0.1, -0.05) is 11.3 Å². The minimum absolute atomic E-state index is 0.0431. The summed E-state index contributed by atoms with van der Waals surface area (Å²) in [6.45, 7) is 1.69. The predicted octanol–water partition coefficient (Wildman–Crippen LogP) is 1.16. The molecule has 2 rings (SSSR count). The van der Waals surface area contributed by atoms with Crippen LogP contribution in [0.2, 0.25) is 0 Å². The molecular formula is C10H12N2O4S2. The quantitative estimate of drug-likeness (QED) is 0.915. The summed E-state index contributed by atoms with van der Waals surface area (Å²) >= 11 is 0.691. The van der Waals surface area contributed by atoms with Crippen molar-refractivity contribution in [3.8, 4) is 0 Å². The Labute approximate surface area is 108 Å². The van der Waals surface area contributed by atoms with Crippen LogP contribution in [0.1, 0.15) is 11.5 Å². The van der Waals surface area contributed by atoms with Gasteiger partial charge in [0.05, 0.1) is 12.8 Å². The predicted molar refractivity (Wildman–Crippen MR) is 67.0 cm³/mol. The number of nitrogens with zero attached hydrogens (tertiary/aromatic N) is 1. The number of nitrogens with one attached hydrogen (secondary N) is 1. The van der Waals surface area contributed by atoms with Gasteiger partial charge < -0.3 is 9.40 Å². The monoisotopic (exact) mass is 288 g/mol. The fourth-order valence-electron chi connectivity index (χ4n) is 1.49. The molecule has 18 heavy (non-hydrogen) atoms. The van der Waals surface area contributed by atoms with Gasteiger partial charge in [0, 0.05) is 12.7 Å². The van der Waals surface area contributed by atoms with E-state index < -0.39 is 10.0 Å². The second-order valence-electron chi connectivity index (χ2n) is 3.77. The zero-order valence-corrected chi connectivity index (χ0v) is 11.5. The van der Waals surface area contributed by atoms with Crippen molar-refractivity contribution in [2.75, 3.05) is 7.05 Å². The first-order chi connectivity index (χ1) is 8.41. The maximum absolute atomic E-state index is 12.2.